The molecule has 0 aliphatic heterocycles. The van der Waals surface area contributed by atoms with Crippen molar-refractivity contribution < 1.29 is 9.47 Å². The molecule has 1 rings (SSSR count). The fourth-order valence-electron chi connectivity index (χ4n) is 1.91. The minimum atomic E-state index is 0.283. The molecule has 1 aromatic rings. The zero-order chi connectivity index (χ0) is 14.1. The van der Waals surface area contributed by atoms with Gasteiger partial charge in [0.2, 0.25) is 0 Å². The van der Waals surface area contributed by atoms with E-state index in [9.17, 15) is 0 Å². The Morgan fingerprint density at radius 1 is 1.21 bits per heavy atom. The first-order valence-electron chi connectivity index (χ1n) is 6.61. The van der Waals surface area contributed by atoms with Crippen molar-refractivity contribution in [3.8, 4) is 23.8 Å². The molecular formula is C16H23NO2. The van der Waals surface area contributed by atoms with Gasteiger partial charge in [0.25, 0.3) is 0 Å². The summed E-state index contributed by atoms with van der Waals surface area (Å²) in [6, 6.07) is 6.29. The molecule has 1 N–H and O–H groups in total. The van der Waals surface area contributed by atoms with Crippen LogP contribution in [-0.2, 0) is 0 Å². The van der Waals surface area contributed by atoms with Crippen LogP contribution in [0, 0.1) is 12.3 Å². The molecular weight excluding hydrogens is 238 g/mol. The second-order valence-electron chi connectivity index (χ2n) is 4.45. The Balaban J connectivity index is 2.52. The summed E-state index contributed by atoms with van der Waals surface area (Å²) in [5.74, 6) is 4.18. The molecule has 0 aliphatic carbocycles. The lowest BCUT2D eigenvalue weighted by Gasteiger charge is -2.16. The summed E-state index contributed by atoms with van der Waals surface area (Å²) in [6.45, 7) is 3.11. The van der Waals surface area contributed by atoms with Crippen LogP contribution in [0.5, 0.6) is 11.5 Å². The molecule has 0 fully saturated rings. The SMILES string of the molecule is C#CCCCCNC(C)c1ccc(OC)c(OC)c1. The van der Waals surface area contributed by atoms with Crippen LogP contribution in [0.2, 0.25) is 0 Å². The van der Waals surface area contributed by atoms with E-state index in [1.54, 1.807) is 14.2 Å². The van der Waals surface area contributed by atoms with E-state index < -0.39 is 0 Å². The number of benzene rings is 1. The summed E-state index contributed by atoms with van der Waals surface area (Å²) < 4.78 is 10.5. The molecule has 0 aliphatic rings. The summed E-state index contributed by atoms with van der Waals surface area (Å²) in [6.07, 6.45) is 8.25. The molecule has 1 unspecified atom stereocenters. The highest BCUT2D eigenvalue weighted by molar-refractivity contribution is 5.43. The van der Waals surface area contributed by atoms with Crippen LogP contribution in [0.4, 0.5) is 0 Å². The molecule has 0 radical (unpaired) electrons. The Morgan fingerprint density at radius 3 is 2.58 bits per heavy atom. The lowest BCUT2D eigenvalue weighted by molar-refractivity contribution is 0.354. The largest absolute Gasteiger partial charge is 0.493 e. The van der Waals surface area contributed by atoms with Crippen LogP contribution >= 0.6 is 0 Å². The van der Waals surface area contributed by atoms with Crippen molar-refractivity contribution >= 4 is 0 Å². The second kappa shape index (κ2) is 8.44. The molecule has 0 amide bonds. The number of ether oxygens (including phenoxy) is 2. The predicted molar refractivity (Wildman–Crippen MR) is 78.6 cm³/mol. The fraction of sp³-hybridized carbons (Fsp3) is 0.500. The van der Waals surface area contributed by atoms with Crippen molar-refractivity contribution in [2.75, 3.05) is 20.8 Å². The third-order valence-corrected chi connectivity index (χ3v) is 3.11. The lowest BCUT2D eigenvalue weighted by Crippen LogP contribution is -2.19. The Hall–Kier alpha value is -1.66. The van der Waals surface area contributed by atoms with E-state index in [0.29, 0.717) is 0 Å². The summed E-state index contributed by atoms with van der Waals surface area (Å²) in [5.41, 5.74) is 1.19. The first kappa shape index (κ1) is 15.4. The van der Waals surface area contributed by atoms with E-state index in [2.05, 4.69) is 24.2 Å². The maximum Gasteiger partial charge on any atom is 0.161 e. The normalized spacial score (nSPS) is 11.7. The number of terminal acetylenes is 1. The van der Waals surface area contributed by atoms with E-state index in [1.165, 1.54) is 5.56 Å². The number of hydrogen-bond donors (Lipinski definition) is 1. The van der Waals surface area contributed by atoms with Gasteiger partial charge in [0.1, 0.15) is 0 Å². The zero-order valence-electron chi connectivity index (χ0n) is 12.0. The van der Waals surface area contributed by atoms with Crippen LogP contribution < -0.4 is 14.8 Å². The third kappa shape index (κ3) is 4.84. The van der Waals surface area contributed by atoms with Crippen LogP contribution in [0.25, 0.3) is 0 Å². The van der Waals surface area contributed by atoms with E-state index in [0.717, 1.165) is 37.3 Å². The molecule has 3 heteroatoms. The molecule has 0 aromatic heterocycles. The molecule has 0 heterocycles. The van der Waals surface area contributed by atoms with Gasteiger partial charge in [0, 0.05) is 12.5 Å². The first-order chi connectivity index (χ1) is 9.22. The zero-order valence-corrected chi connectivity index (χ0v) is 12.0. The van der Waals surface area contributed by atoms with Gasteiger partial charge in [-0.15, -0.1) is 12.3 Å². The van der Waals surface area contributed by atoms with Crippen molar-refractivity contribution in [1.29, 1.82) is 0 Å². The van der Waals surface area contributed by atoms with Crippen molar-refractivity contribution in [3.05, 3.63) is 23.8 Å². The van der Waals surface area contributed by atoms with Gasteiger partial charge < -0.3 is 14.8 Å². The van der Waals surface area contributed by atoms with Gasteiger partial charge in [-0.2, -0.15) is 0 Å². The summed E-state index contributed by atoms with van der Waals surface area (Å²) >= 11 is 0. The van der Waals surface area contributed by atoms with Crippen molar-refractivity contribution in [2.24, 2.45) is 0 Å². The highest BCUT2D eigenvalue weighted by atomic mass is 16.5. The van der Waals surface area contributed by atoms with E-state index in [4.69, 9.17) is 15.9 Å². The Labute approximate surface area is 116 Å². The molecule has 1 atom stereocenters. The molecule has 0 spiro atoms. The van der Waals surface area contributed by atoms with Gasteiger partial charge in [-0.05, 0) is 44.0 Å². The molecule has 0 bridgehead atoms. The van der Waals surface area contributed by atoms with Crippen LogP contribution in [-0.4, -0.2) is 20.8 Å². The Kier molecular flexibility index (Phi) is 6.84. The second-order valence-corrected chi connectivity index (χ2v) is 4.45. The van der Waals surface area contributed by atoms with Crippen LogP contribution in [0.15, 0.2) is 18.2 Å². The quantitative estimate of drug-likeness (QED) is 0.576. The number of nitrogens with one attached hydrogen (secondary N) is 1. The average molecular weight is 261 g/mol. The molecule has 1 aromatic carbocycles. The van der Waals surface area contributed by atoms with Gasteiger partial charge in [0.15, 0.2) is 11.5 Å². The smallest absolute Gasteiger partial charge is 0.161 e. The van der Waals surface area contributed by atoms with Crippen molar-refractivity contribution in [1.82, 2.24) is 5.32 Å². The van der Waals surface area contributed by atoms with Crippen molar-refractivity contribution in [3.63, 3.8) is 0 Å². The first-order valence-corrected chi connectivity index (χ1v) is 6.61. The summed E-state index contributed by atoms with van der Waals surface area (Å²) in [7, 11) is 3.30. The van der Waals surface area contributed by atoms with E-state index in [-0.39, 0.29) is 6.04 Å². The van der Waals surface area contributed by atoms with Gasteiger partial charge in [-0.25, -0.2) is 0 Å². The van der Waals surface area contributed by atoms with Crippen LogP contribution in [0.1, 0.15) is 37.8 Å². The fourth-order valence-corrected chi connectivity index (χ4v) is 1.91. The highest BCUT2D eigenvalue weighted by Crippen LogP contribution is 2.29. The number of unbranched alkanes of at least 4 members (excludes halogenated alkanes) is 2. The summed E-state index contributed by atoms with van der Waals surface area (Å²) in [5, 5.41) is 3.48. The number of rotatable bonds is 8. The van der Waals surface area contributed by atoms with Crippen LogP contribution in [0.3, 0.4) is 0 Å². The summed E-state index contributed by atoms with van der Waals surface area (Å²) in [4.78, 5) is 0. The van der Waals surface area contributed by atoms with Gasteiger partial charge >= 0.3 is 0 Å². The predicted octanol–water partition coefficient (Wildman–Crippen LogP) is 3.16. The van der Waals surface area contributed by atoms with E-state index in [1.807, 2.05) is 12.1 Å². The molecule has 0 saturated heterocycles. The number of hydrogen-bond acceptors (Lipinski definition) is 3. The topological polar surface area (TPSA) is 30.5 Å². The lowest BCUT2D eigenvalue weighted by atomic mass is 10.1. The Bertz CT molecular complexity index is 423. The minimum absolute atomic E-state index is 0.283. The molecule has 3 nitrogen and oxygen atoms in total. The van der Waals surface area contributed by atoms with Crippen molar-refractivity contribution in [2.45, 2.75) is 32.2 Å². The monoisotopic (exact) mass is 261 g/mol. The molecule has 19 heavy (non-hydrogen) atoms. The molecule has 104 valence electrons. The Morgan fingerprint density at radius 2 is 1.95 bits per heavy atom. The highest BCUT2D eigenvalue weighted by Gasteiger charge is 2.09. The molecule has 0 saturated carbocycles. The number of methoxy groups -OCH3 is 2. The standard InChI is InChI=1S/C16H23NO2/c1-5-6-7-8-11-17-13(2)14-9-10-15(18-3)16(12-14)19-4/h1,9-10,12-13,17H,6-8,11H2,2-4H3. The average Bonchev–Trinajstić information content (AvgIpc) is 2.46. The minimum Gasteiger partial charge on any atom is -0.493 e. The van der Waals surface area contributed by atoms with Gasteiger partial charge in [-0.3, -0.25) is 0 Å². The maximum absolute atomic E-state index is 5.31. The van der Waals surface area contributed by atoms with Gasteiger partial charge in [-0.1, -0.05) is 6.07 Å². The van der Waals surface area contributed by atoms with E-state index >= 15 is 0 Å². The third-order valence-electron chi connectivity index (χ3n) is 3.11. The maximum atomic E-state index is 5.31. The van der Waals surface area contributed by atoms with Gasteiger partial charge in [0.05, 0.1) is 14.2 Å².